The second kappa shape index (κ2) is 29.4. The van der Waals surface area contributed by atoms with E-state index in [9.17, 15) is 9.59 Å². The highest BCUT2D eigenvalue weighted by molar-refractivity contribution is 8.14. The summed E-state index contributed by atoms with van der Waals surface area (Å²) in [6.45, 7) is 9.83. The molecule has 3 aromatic rings. The summed E-state index contributed by atoms with van der Waals surface area (Å²) in [4.78, 5) is 38.1. The average Bonchev–Trinajstić information content (AvgIpc) is 3.89. The number of carbonyl (C=O) groups excluding carboxylic acids is 2. The molecule has 1 aliphatic heterocycles. The number of rotatable bonds is 33. The maximum absolute atomic E-state index is 12.9. The van der Waals surface area contributed by atoms with Crippen molar-refractivity contribution < 1.29 is 47.5 Å². The SMILES string of the molecule is NCCOCCOCCOCCOCCOCCOCCOCCOCCC(=O)NCCCCn1nc(-c2cccc(C(=O)NC3=NCCS3)c2)c2c(N)ncnc21. The zero-order chi connectivity index (χ0) is 40.9. The smallest absolute Gasteiger partial charge is 0.257 e. The Morgan fingerprint density at radius 1 is 0.759 bits per heavy atom. The van der Waals surface area contributed by atoms with Crippen molar-refractivity contribution in [3.05, 3.63) is 36.2 Å². The van der Waals surface area contributed by atoms with E-state index in [2.05, 4.69) is 25.6 Å². The number of nitrogens with one attached hydrogen (secondary N) is 2. The topological polar surface area (TPSA) is 240 Å². The Balaban J connectivity index is 0.950. The van der Waals surface area contributed by atoms with Gasteiger partial charge in [-0.15, -0.1) is 0 Å². The number of carbonyl (C=O) groups is 2. The molecule has 0 fully saturated rings. The molecule has 2 aromatic heterocycles. The van der Waals surface area contributed by atoms with Crippen molar-refractivity contribution in [1.29, 1.82) is 0 Å². The van der Waals surface area contributed by atoms with Crippen LogP contribution in [0.1, 0.15) is 29.6 Å². The van der Waals surface area contributed by atoms with E-state index in [0.29, 0.717) is 165 Å². The second-order valence-corrected chi connectivity index (χ2v) is 13.7. The van der Waals surface area contributed by atoms with Crippen LogP contribution in [0.3, 0.4) is 0 Å². The minimum atomic E-state index is -0.237. The Morgan fingerprint density at radius 3 is 1.91 bits per heavy atom. The summed E-state index contributed by atoms with van der Waals surface area (Å²) in [6, 6.07) is 7.20. The normalized spacial score (nSPS) is 12.7. The number of ether oxygens (including phenoxy) is 8. The predicted molar refractivity (Wildman–Crippen MR) is 220 cm³/mol. The predicted octanol–water partition coefficient (Wildman–Crippen LogP) is 1.29. The van der Waals surface area contributed by atoms with E-state index in [1.54, 1.807) is 22.9 Å². The number of aryl methyl sites for hydroxylation is 1. The van der Waals surface area contributed by atoms with Gasteiger partial charge in [-0.25, -0.2) is 14.6 Å². The number of hydrogen-bond acceptors (Lipinski definition) is 17. The van der Waals surface area contributed by atoms with Crippen molar-refractivity contribution in [2.24, 2.45) is 10.7 Å². The zero-order valence-electron chi connectivity index (χ0n) is 33.2. The fraction of sp³-hybridized carbons (Fsp3) is 0.632. The van der Waals surface area contributed by atoms with E-state index in [1.165, 1.54) is 18.1 Å². The number of nitrogen functional groups attached to an aromatic ring is 1. The molecule has 0 atom stereocenters. The maximum Gasteiger partial charge on any atom is 0.257 e. The van der Waals surface area contributed by atoms with Gasteiger partial charge in [0.1, 0.15) is 17.8 Å². The lowest BCUT2D eigenvalue weighted by molar-refractivity contribution is -0.122. The molecule has 0 aliphatic carbocycles. The molecule has 0 saturated carbocycles. The highest BCUT2D eigenvalue weighted by atomic mass is 32.2. The molecule has 0 radical (unpaired) electrons. The van der Waals surface area contributed by atoms with E-state index >= 15 is 0 Å². The number of amidine groups is 1. The molecule has 322 valence electrons. The van der Waals surface area contributed by atoms with Crippen molar-refractivity contribution in [3.8, 4) is 11.3 Å². The van der Waals surface area contributed by atoms with Crippen LogP contribution in [-0.2, 0) is 49.2 Å². The number of aliphatic imine (C=N–C) groups is 1. The number of nitrogens with zero attached hydrogens (tertiary/aromatic N) is 5. The molecule has 0 unspecified atom stereocenters. The number of amides is 2. The molecule has 0 spiro atoms. The number of aromatic nitrogens is 4. The minimum absolute atomic E-state index is 0.0783. The molecule has 6 N–H and O–H groups in total. The molecular weight excluding hydrogens is 775 g/mol. The van der Waals surface area contributed by atoms with Gasteiger partial charge in [0.2, 0.25) is 5.91 Å². The fourth-order valence-corrected chi connectivity index (χ4v) is 6.09. The lowest BCUT2D eigenvalue weighted by Crippen LogP contribution is -2.27. The summed E-state index contributed by atoms with van der Waals surface area (Å²) < 4.78 is 45.3. The second-order valence-electron chi connectivity index (χ2n) is 12.6. The molecule has 1 aromatic carbocycles. The van der Waals surface area contributed by atoms with Crippen molar-refractivity contribution in [2.75, 3.05) is 137 Å². The van der Waals surface area contributed by atoms with E-state index < -0.39 is 0 Å². The van der Waals surface area contributed by atoms with Crippen LogP contribution >= 0.6 is 11.8 Å². The molecule has 58 heavy (non-hydrogen) atoms. The lowest BCUT2D eigenvalue weighted by Gasteiger charge is -2.09. The molecule has 0 saturated heterocycles. The first-order valence-corrected chi connectivity index (χ1v) is 20.7. The van der Waals surface area contributed by atoms with E-state index in [4.69, 9.17) is 54.5 Å². The van der Waals surface area contributed by atoms with Gasteiger partial charge >= 0.3 is 0 Å². The third kappa shape index (κ3) is 18.4. The highest BCUT2D eigenvalue weighted by Crippen LogP contribution is 2.30. The van der Waals surface area contributed by atoms with Gasteiger partial charge < -0.3 is 60.0 Å². The Morgan fingerprint density at radius 2 is 1.34 bits per heavy atom. The number of hydrogen-bond donors (Lipinski definition) is 4. The molecular formula is C38H59N9O10S. The molecule has 19 nitrogen and oxygen atoms in total. The van der Waals surface area contributed by atoms with Crippen molar-refractivity contribution >= 4 is 45.6 Å². The van der Waals surface area contributed by atoms with Gasteiger partial charge in [-0.05, 0) is 25.0 Å². The van der Waals surface area contributed by atoms with Crippen LogP contribution in [0, 0.1) is 0 Å². The number of nitrogens with two attached hydrogens (primary N) is 2. The molecule has 20 heteroatoms. The van der Waals surface area contributed by atoms with Gasteiger partial charge in [0, 0.05) is 42.9 Å². The Labute approximate surface area is 343 Å². The summed E-state index contributed by atoms with van der Waals surface area (Å²) in [6.07, 6.45) is 3.15. The third-order valence-electron chi connectivity index (χ3n) is 8.22. The average molecular weight is 834 g/mol. The lowest BCUT2D eigenvalue weighted by atomic mass is 10.1. The summed E-state index contributed by atoms with van der Waals surface area (Å²) in [5.41, 5.74) is 14.0. The van der Waals surface area contributed by atoms with Crippen molar-refractivity contribution in [1.82, 2.24) is 30.4 Å². The highest BCUT2D eigenvalue weighted by Gasteiger charge is 2.19. The number of thioether (sulfide) groups is 1. The molecule has 3 heterocycles. The molecule has 0 bridgehead atoms. The Bertz CT molecular complexity index is 1650. The van der Waals surface area contributed by atoms with E-state index in [0.717, 1.165) is 24.2 Å². The number of benzene rings is 1. The zero-order valence-corrected chi connectivity index (χ0v) is 34.1. The quantitative estimate of drug-likeness (QED) is 0.0632. The number of unbranched alkanes of at least 4 members (excludes halogenated alkanes) is 1. The van der Waals surface area contributed by atoms with Crippen LogP contribution in [0.15, 0.2) is 35.6 Å². The van der Waals surface area contributed by atoms with Gasteiger partial charge in [0.15, 0.2) is 10.8 Å². The van der Waals surface area contributed by atoms with E-state index in [-0.39, 0.29) is 18.2 Å². The molecule has 1 aliphatic rings. The third-order valence-corrected chi connectivity index (χ3v) is 9.11. The van der Waals surface area contributed by atoms with Crippen LogP contribution in [0.4, 0.5) is 5.82 Å². The summed E-state index contributed by atoms with van der Waals surface area (Å²) >= 11 is 1.52. The first-order chi connectivity index (χ1) is 28.6. The largest absolute Gasteiger partial charge is 0.383 e. The Hall–Kier alpha value is -3.83. The van der Waals surface area contributed by atoms with Gasteiger partial charge in [-0.3, -0.25) is 14.6 Å². The standard InChI is InChI=1S/C38H59N9O10S/c39-7-12-51-14-16-53-18-20-55-22-24-57-26-25-56-23-21-54-19-17-52-15-13-50-11-6-32(48)41-8-1-2-10-47-36-33(35(40)43-29-44-36)34(46-47)30-4-3-5-31(28-30)37(49)45-38-42-9-27-58-38/h3-5,28-29H,1-2,6-27,39H2,(H,41,48)(H2,40,43,44)(H,42,45,49). The first kappa shape index (κ1) is 46.9. The van der Waals surface area contributed by atoms with Gasteiger partial charge in [-0.2, -0.15) is 5.10 Å². The van der Waals surface area contributed by atoms with Crippen molar-refractivity contribution in [2.45, 2.75) is 25.8 Å². The summed E-state index contributed by atoms with van der Waals surface area (Å²) in [5.74, 6) is 0.851. The number of fused-ring (bicyclic) bond motifs is 1. The van der Waals surface area contributed by atoms with Crippen molar-refractivity contribution in [3.63, 3.8) is 0 Å². The fourth-order valence-electron chi connectivity index (χ4n) is 5.37. The van der Waals surface area contributed by atoms with Gasteiger partial charge in [-0.1, -0.05) is 23.9 Å². The Kier molecular flexibility index (Phi) is 23.7. The molecule has 4 rings (SSSR count). The van der Waals surface area contributed by atoms with E-state index in [1.807, 2.05) is 6.07 Å². The monoisotopic (exact) mass is 833 g/mol. The van der Waals surface area contributed by atoms with Crippen LogP contribution < -0.4 is 22.1 Å². The summed E-state index contributed by atoms with van der Waals surface area (Å²) in [5, 5.41) is 11.9. The molecule has 2 amide bonds. The van der Waals surface area contributed by atoms with Crippen LogP contribution in [-0.4, -0.2) is 168 Å². The number of anilines is 1. The summed E-state index contributed by atoms with van der Waals surface area (Å²) in [7, 11) is 0. The van der Waals surface area contributed by atoms with Gasteiger partial charge in [0.25, 0.3) is 5.91 Å². The van der Waals surface area contributed by atoms with Crippen LogP contribution in [0.5, 0.6) is 0 Å². The van der Waals surface area contributed by atoms with Gasteiger partial charge in [0.05, 0.1) is 118 Å². The van der Waals surface area contributed by atoms with Crippen LogP contribution in [0.2, 0.25) is 0 Å². The first-order valence-electron chi connectivity index (χ1n) is 19.7. The van der Waals surface area contributed by atoms with Crippen LogP contribution in [0.25, 0.3) is 22.3 Å². The minimum Gasteiger partial charge on any atom is -0.383 e. The maximum atomic E-state index is 12.9.